The van der Waals surface area contributed by atoms with Crippen molar-refractivity contribution in [3.63, 3.8) is 0 Å². The van der Waals surface area contributed by atoms with Crippen LogP contribution in [-0.4, -0.2) is 29.7 Å². The Labute approximate surface area is 113 Å². The molecule has 1 saturated heterocycles. The van der Waals surface area contributed by atoms with Gasteiger partial charge in [-0.05, 0) is 28.4 Å². The summed E-state index contributed by atoms with van der Waals surface area (Å²) in [5, 5.41) is 1.88. The number of carbonyl (C=O) groups is 2. The fourth-order valence-corrected chi connectivity index (χ4v) is 3.17. The number of hydrogen-bond acceptors (Lipinski definition) is 3. The summed E-state index contributed by atoms with van der Waals surface area (Å²) in [4.78, 5) is 26.3. The predicted octanol–water partition coefficient (Wildman–Crippen LogP) is 2.95. The third-order valence-electron chi connectivity index (χ3n) is 3.16. The van der Waals surface area contributed by atoms with Gasteiger partial charge in [-0.2, -0.15) is 0 Å². The van der Waals surface area contributed by atoms with E-state index in [1.807, 2.05) is 19.2 Å². The standard InChI is InChI=1S/C12H14BrNO2S/c1-12(2)3-4-14(6-10(12)15)11(16)9-5-8(13)7-17-9/h5,7H,3-4,6H2,1-2H3. The highest BCUT2D eigenvalue weighted by molar-refractivity contribution is 9.10. The molecule has 17 heavy (non-hydrogen) atoms. The van der Waals surface area contributed by atoms with Crippen LogP contribution in [0.5, 0.6) is 0 Å². The third-order valence-corrected chi connectivity index (χ3v) is 4.84. The number of piperidine rings is 1. The molecule has 92 valence electrons. The van der Waals surface area contributed by atoms with E-state index in [0.717, 1.165) is 10.9 Å². The van der Waals surface area contributed by atoms with Gasteiger partial charge in [-0.15, -0.1) is 11.3 Å². The number of nitrogens with zero attached hydrogens (tertiary/aromatic N) is 1. The number of hydrogen-bond donors (Lipinski definition) is 0. The highest BCUT2D eigenvalue weighted by atomic mass is 79.9. The Morgan fingerprint density at radius 1 is 1.53 bits per heavy atom. The summed E-state index contributed by atoms with van der Waals surface area (Å²) in [6, 6.07) is 1.80. The van der Waals surface area contributed by atoms with E-state index >= 15 is 0 Å². The first kappa shape index (κ1) is 12.8. The summed E-state index contributed by atoms with van der Waals surface area (Å²) in [7, 11) is 0. The number of likely N-dealkylation sites (tertiary alicyclic amines) is 1. The van der Waals surface area contributed by atoms with Crippen LogP contribution in [-0.2, 0) is 4.79 Å². The van der Waals surface area contributed by atoms with Crippen molar-refractivity contribution in [1.82, 2.24) is 4.90 Å². The van der Waals surface area contributed by atoms with E-state index in [4.69, 9.17) is 0 Å². The minimum Gasteiger partial charge on any atom is -0.331 e. The lowest BCUT2D eigenvalue weighted by Crippen LogP contribution is -2.47. The fraction of sp³-hybridized carbons (Fsp3) is 0.500. The minimum atomic E-state index is -0.285. The average molecular weight is 316 g/mol. The lowest BCUT2D eigenvalue weighted by Gasteiger charge is -2.35. The van der Waals surface area contributed by atoms with E-state index in [2.05, 4.69) is 15.9 Å². The van der Waals surface area contributed by atoms with Crippen LogP contribution in [0.1, 0.15) is 29.9 Å². The molecule has 0 spiro atoms. The highest BCUT2D eigenvalue weighted by Gasteiger charge is 2.35. The van der Waals surface area contributed by atoms with Crippen molar-refractivity contribution in [1.29, 1.82) is 0 Å². The first-order valence-corrected chi connectivity index (χ1v) is 7.14. The molecule has 2 heterocycles. The minimum absolute atomic E-state index is 0.0375. The Kier molecular flexibility index (Phi) is 3.41. The van der Waals surface area contributed by atoms with Crippen LogP contribution in [0, 0.1) is 5.41 Å². The molecule has 5 heteroatoms. The van der Waals surface area contributed by atoms with E-state index in [9.17, 15) is 9.59 Å². The normalized spacial score (nSPS) is 19.5. The van der Waals surface area contributed by atoms with Gasteiger partial charge in [-0.25, -0.2) is 0 Å². The molecule has 0 bridgehead atoms. The molecule has 1 aliphatic heterocycles. The number of amides is 1. The Balaban J connectivity index is 2.10. The number of carbonyl (C=O) groups excluding carboxylic acids is 2. The molecule has 0 unspecified atom stereocenters. The third kappa shape index (κ3) is 2.60. The first-order valence-electron chi connectivity index (χ1n) is 5.47. The van der Waals surface area contributed by atoms with Gasteiger partial charge in [-0.1, -0.05) is 13.8 Å². The topological polar surface area (TPSA) is 37.4 Å². The maximum atomic E-state index is 12.1. The maximum Gasteiger partial charge on any atom is 0.264 e. The predicted molar refractivity (Wildman–Crippen MR) is 71.3 cm³/mol. The Morgan fingerprint density at radius 3 is 2.76 bits per heavy atom. The number of Topliss-reactive ketones (excluding diaryl/α,β-unsaturated/α-hetero) is 1. The van der Waals surface area contributed by atoms with Crippen LogP contribution in [0.15, 0.2) is 15.9 Å². The van der Waals surface area contributed by atoms with Gasteiger partial charge in [0.2, 0.25) is 0 Å². The van der Waals surface area contributed by atoms with Gasteiger partial charge in [0.1, 0.15) is 0 Å². The van der Waals surface area contributed by atoms with Gasteiger partial charge in [0.05, 0.1) is 11.4 Å². The van der Waals surface area contributed by atoms with Crippen LogP contribution in [0.25, 0.3) is 0 Å². The zero-order valence-electron chi connectivity index (χ0n) is 9.83. The van der Waals surface area contributed by atoms with E-state index < -0.39 is 0 Å². The van der Waals surface area contributed by atoms with Crippen molar-refractivity contribution < 1.29 is 9.59 Å². The molecule has 0 radical (unpaired) electrons. The van der Waals surface area contributed by atoms with Gasteiger partial charge >= 0.3 is 0 Å². The quantitative estimate of drug-likeness (QED) is 0.799. The second-order valence-corrected chi connectivity index (χ2v) is 6.74. The fourth-order valence-electron chi connectivity index (χ4n) is 1.77. The molecule has 0 atom stereocenters. The van der Waals surface area contributed by atoms with Crippen molar-refractivity contribution in [3.05, 3.63) is 20.8 Å². The molecule has 2 rings (SSSR count). The highest BCUT2D eigenvalue weighted by Crippen LogP contribution is 2.28. The van der Waals surface area contributed by atoms with Crippen LogP contribution in [0.3, 0.4) is 0 Å². The van der Waals surface area contributed by atoms with E-state index in [1.165, 1.54) is 11.3 Å². The molecule has 0 aliphatic carbocycles. The Bertz CT molecular complexity index is 467. The van der Waals surface area contributed by atoms with Gasteiger partial charge in [0.25, 0.3) is 5.91 Å². The lowest BCUT2D eigenvalue weighted by molar-refractivity contribution is -0.130. The van der Waals surface area contributed by atoms with Crippen LogP contribution >= 0.6 is 27.3 Å². The molecule has 1 aliphatic rings. The molecule has 0 saturated carbocycles. The van der Waals surface area contributed by atoms with Gasteiger partial charge in [0, 0.05) is 21.8 Å². The van der Waals surface area contributed by atoms with E-state index in [1.54, 1.807) is 11.0 Å². The van der Waals surface area contributed by atoms with Crippen LogP contribution in [0.2, 0.25) is 0 Å². The smallest absolute Gasteiger partial charge is 0.264 e. The van der Waals surface area contributed by atoms with Crippen molar-refractivity contribution in [2.24, 2.45) is 5.41 Å². The lowest BCUT2D eigenvalue weighted by atomic mass is 9.81. The largest absolute Gasteiger partial charge is 0.331 e. The zero-order chi connectivity index (χ0) is 12.6. The monoisotopic (exact) mass is 315 g/mol. The van der Waals surface area contributed by atoms with E-state index in [-0.39, 0.29) is 23.7 Å². The first-order chi connectivity index (χ1) is 7.90. The van der Waals surface area contributed by atoms with Crippen molar-refractivity contribution >= 4 is 39.0 Å². The van der Waals surface area contributed by atoms with Crippen molar-refractivity contribution in [2.45, 2.75) is 20.3 Å². The molecule has 3 nitrogen and oxygen atoms in total. The number of rotatable bonds is 1. The van der Waals surface area contributed by atoms with E-state index in [0.29, 0.717) is 11.4 Å². The van der Waals surface area contributed by atoms with Crippen molar-refractivity contribution in [2.75, 3.05) is 13.1 Å². The number of thiophene rings is 1. The Hall–Kier alpha value is -0.680. The van der Waals surface area contributed by atoms with Gasteiger partial charge in [0.15, 0.2) is 5.78 Å². The summed E-state index contributed by atoms with van der Waals surface area (Å²) in [6.45, 7) is 4.78. The summed E-state index contributed by atoms with van der Waals surface area (Å²) in [5.41, 5.74) is -0.285. The molecule has 1 aromatic rings. The number of ketones is 1. The molecule has 1 amide bonds. The summed E-state index contributed by atoms with van der Waals surface area (Å²) in [5.74, 6) is 0.109. The Morgan fingerprint density at radius 2 is 2.24 bits per heavy atom. The van der Waals surface area contributed by atoms with Gasteiger partial charge < -0.3 is 4.90 Å². The van der Waals surface area contributed by atoms with Crippen LogP contribution in [0.4, 0.5) is 0 Å². The SMILES string of the molecule is CC1(C)CCN(C(=O)c2cc(Br)cs2)CC1=O. The van der Waals surface area contributed by atoms with Crippen molar-refractivity contribution in [3.8, 4) is 0 Å². The summed E-state index contributed by atoms with van der Waals surface area (Å²) >= 11 is 4.73. The second-order valence-electron chi connectivity index (χ2n) is 4.91. The second kappa shape index (κ2) is 4.53. The molecular weight excluding hydrogens is 302 g/mol. The molecule has 1 fully saturated rings. The maximum absolute atomic E-state index is 12.1. The summed E-state index contributed by atoms with van der Waals surface area (Å²) in [6.07, 6.45) is 0.740. The average Bonchev–Trinajstić information content (AvgIpc) is 2.68. The summed E-state index contributed by atoms with van der Waals surface area (Å²) < 4.78 is 0.912. The molecular formula is C12H14BrNO2S. The van der Waals surface area contributed by atoms with Gasteiger partial charge in [-0.3, -0.25) is 9.59 Å². The molecule has 0 N–H and O–H groups in total. The number of halogens is 1. The zero-order valence-corrected chi connectivity index (χ0v) is 12.2. The molecule has 1 aromatic heterocycles. The molecule has 0 aromatic carbocycles. The van der Waals surface area contributed by atoms with Crippen LogP contribution < -0.4 is 0 Å².